The van der Waals surface area contributed by atoms with Crippen LogP contribution in [0.4, 0.5) is 5.69 Å². The summed E-state index contributed by atoms with van der Waals surface area (Å²) in [7, 11) is -2.36. The number of hydrogen-bond donors (Lipinski definition) is 2. The highest BCUT2D eigenvalue weighted by molar-refractivity contribution is 7.99. The van der Waals surface area contributed by atoms with Crippen LogP contribution in [0.3, 0.4) is 0 Å². The normalized spacial score (nSPS) is 12.3. The summed E-state index contributed by atoms with van der Waals surface area (Å²) in [6.07, 6.45) is 0. The molecule has 2 N–H and O–H groups in total. The lowest BCUT2D eigenvalue weighted by Crippen LogP contribution is -2.13. The van der Waals surface area contributed by atoms with Crippen LogP contribution >= 0.6 is 34.4 Å². The van der Waals surface area contributed by atoms with Gasteiger partial charge in [0.25, 0.3) is 15.6 Å². The molecule has 7 rings (SSSR count). The van der Waals surface area contributed by atoms with Crippen molar-refractivity contribution in [2.75, 3.05) is 11.8 Å². The molecular weight excluding hydrogens is 685 g/mol. The second-order valence-electron chi connectivity index (χ2n) is 10.8. The Morgan fingerprint density at radius 3 is 2.54 bits per heavy atom. The second kappa shape index (κ2) is 13.4. The zero-order chi connectivity index (χ0) is 33.3. The lowest BCUT2D eigenvalue weighted by Gasteiger charge is -2.14. The zero-order valence-electron chi connectivity index (χ0n) is 25.7. The SMILES string of the molecule is COc1ccc(NS(=O)(=O)c2cccc(-c3nnc(SC(C)c4nc5scc(-c6cccs6)c5c(=O)[nH]4)n3Cc3ccccc3)c2)cc1. The molecule has 4 aromatic heterocycles. The number of methoxy groups -OCH3 is 1. The zero-order valence-corrected chi connectivity index (χ0v) is 28.9. The predicted molar refractivity (Wildman–Crippen MR) is 193 cm³/mol. The summed E-state index contributed by atoms with van der Waals surface area (Å²) in [5.41, 5.74) is 2.73. The molecule has 10 nitrogen and oxygen atoms in total. The van der Waals surface area contributed by atoms with Gasteiger partial charge >= 0.3 is 0 Å². The van der Waals surface area contributed by atoms with Crippen LogP contribution < -0.4 is 15.0 Å². The van der Waals surface area contributed by atoms with Gasteiger partial charge in [-0.3, -0.25) is 14.1 Å². The molecule has 242 valence electrons. The number of nitrogens with zero attached hydrogens (tertiary/aromatic N) is 4. The molecule has 0 aliphatic carbocycles. The molecular formula is C34H28N6O4S4. The predicted octanol–water partition coefficient (Wildman–Crippen LogP) is 7.68. The minimum Gasteiger partial charge on any atom is -0.497 e. The maximum atomic E-state index is 13.4. The third-order valence-corrected chi connectivity index (χ3v) is 11.8. The molecule has 0 saturated carbocycles. The Kier molecular flexibility index (Phi) is 8.88. The summed E-state index contributed by atoms with van der Waals surface area (Å²) in [6, 6.07) is 27.1. The fourth-order valence-corrected chi connectivity index (χ4v) is 8.94. The van der Waals surface area contributed by atoms with Gasteiger partial charge in [-0.15, -0.1) is 32.9 Å². The molecule has 0 aliphatic rings. The minimum absolute atomic E-state index is 0.0839. The van der Waals surface area contributed by atoms with Gasteiger partial charge in [0.05, 0.1) is 29.2 Å². The van der Waals surface area contributed by atoms with Gasteiger partial charge in [-0.05, 0) is 60.3 Å². The number of ether oxygens (including phenoxy) is 1. The van der Waals surface area contributed by atoms with Crippen molar-refractivity contribution < 1.29 is 13.2 Å². The lowest BCUT2D eigenvalue weighted by atomic mass is 10.2. The lowest BCUT2D eigenvalue weighted by molar-refractivity contribution is 0.415. The molecule has 1 atom stereocenters. The van der Waals surface area contributed by atoms with Gasteiger partial charge in [-0.1, -0.05) is 60.3 Å². The van der Waals surface area contributed by atoms with Crippen LogP contribution in [0.5, 0.6) is 5.75 Å². The van der Waals surface area contributed by atoms with E-state index in [4.69, 9.17) is 9.72 Å². The summed E-state index contributed by atoms with van der Waals surface area (Å²) >= 11 is 4.45. The molecule has 0 fully saturated rings. The maximum absolute atomic E-state index is 13.4. The molecule has 0 aliphatic heterocycles. The van der Waals surface area contributed by atoms with Gasteiger partial charge in [-0.25, -0.2) is 13.4 Å². The quantitative estimate of drug-likeness (QED) is 0.131. The van der Waals surface area contributed by atoms with Gasteiger partial charge in [0.15, 0.2) is 11.0 Å². The van der Waals surface area contributed by atoms with Crippen LogP contribution in [0.15, 0.2) is 117 Å². The average molecular weight is 713 g/mol. The van der Waals surface area contributed by atoms with Crippen molar-refractivity contribution in [1.82, 2.24) is 24.7 Å². The highest BCUT2D eigenvalue weighted by Crippen LogP contribution is 2.37. The van der Waals surface area contributed by atoms with Crippen molar-refractivity contribution in [3.63, 3.8) is 0 Å². The number of thioether (sulfide) groups is 1. The number of H-pyrrole nitrogens is 1. The van der Waals surface area contributed by atoms with Crippen LogP contribution in [-0.2, 0) is 16.6 Å². The summed E-state index contributed by atoms with van der Waals surface area (Å²) in [5.74, 6) is 1.66. The fourth-order valence-electron chi connectivity index (χ4n) is 5.16. The number of aromatic nitrogens is 5. The Bertz CT molecular complexity index is 2370. The number of thiophene rings is 2. The first-order chi connectivity index (χ1) is 23.3. The van der Waals surface area contributed by atoms with E-state index >= 15 is 0 Å². The topological polar surface area (TPSA) is 132 Å². The van der Waals surface area contributed by atoms with E-state index in [9.17, 15) is 13.2 Å². The summed E-state index contributed by atoms with van der Waals surface area (Å²) in [4.78, 5) is 22.9. The van der Waals surface area contributed by atoms with Gasteiger partial charge in [-0.2, -0.15) is 0 Å². The smallest absolute Gasteiger partial charge is 0.261 e. The first-order valence-corrected chi connectivity index (χ1v) is 18.9. The Balaban J connectivity index is 1.21. The Labute approximate surface area is 288 Å². The number of aromatic amines is 1. The Hall–Kier alpha value is -4.76. The number of hydrogen-bond acceptors (Lipinski definition) is 10. The minimum atomic E-state index is -3.91. The first-order valence-electron chi connectivity index (χ1n) is 14.8. The number of benzene rings is 3. The highest BCUT2D eigenvalue weighted by atomic mass is 32.2. The third-order valence-electron chi connectivity index (χ3n) is 7.56. The van der Waals surface area contributed by atoms with E-state index in [0.717, 1.165) is 16.0 Å². The number of anilines is 1. The van der Waals surface area contributed by atoms with E-state index in [0.29, 0.717) is 50.6 Å². The number of rotatable bonds is 11. The molecule has 0 spiro atoms. The van der Waals surface area contributed by atoms with Gasteiger partial charge in [0.2, 0.25) is 0 Å². The molecule has 1 unspecified atom stereocenters. The number of sulfonamides is 1. The van der Waals surface area contributed by atoms with Crippen LogP contribution in [0, 0.1) is 0 Å². The van der Waals surface area contributed by atoms with Crippen LogP contribution in [0.1, 0.15) is 23.6 Å². The largest absolute Gasteiger partial charge is 0.497 e. The third kappa shape index (κ3) is 6.52. The fraction of sp³-hybridized carbons (Fsp3) is 0.118. The monoisotopic (exact) mass is 712 g/mol. The van der Waals surface area contributed by atoms with Crippen LogP contribution in [0.25, 0.3) is 32.0 Å². The van der Waals surface area contributed by atoms with Crippen LogP contribution in [0.2, 0.25) is 0 Å². The molecule has 14 heteroatoms. The van der Waals surface area contributed by atoms with Gasteiger partial charge in [0.1, 0.15) is 16.4 Å². The highest BCUT2D eigenvalue weighted by Gasteiger charge is 2.23. The van der Waals surface area contributed by atoms with Crippen LogP contribution in [-0.4, -0.2) is 40.3 Å². The van der Waals surface area contributed by atoms with E-state index in [2.05, 4.69) is 19.9 Å². The van der Waals surface area contributed by atoms with Crippen molar-refractivity contribution in [3.05, 3.63) is 123 Å². The van der Waals surface area contributed by atoms with Crippen molar-refractivity contribution >= 4 is 60.4 Å². The molecule has 4 heterocycles. The standard InChI is InChI=1S/C34H28N6O4S4/c1-21(30-35-32(41)29-27(20-46-33(29)36-30)28-12-7-17-45-28)47-34-38-37-31(40(34)19-22-8-4-3-5-9-22)23-10-6-11-26(18-23)48(42,43)39-24-13-15-25(44-2)16-14-24/h3-18,20-21,39H,19H2,1-2H3,(H,35,36,41). The van der Waals surface area contributed by atoms with Gasteiger partial charge in [0, 0.05) is 27.1 Å². The summed E-state index contributed by atoms with van der Waals surface area (Å²) < 4.78 is 36.5. The molecule has 0 amide bonds. The van der Waals surface area contributed by atoms with Crippen molar-refractivity contribution in [2.45, 2.75) is 28.8 Å². The molecule has 0 radical (unpaired) electrons. The van der Waals surface area contributed by atoms with Gasteiger partial charge < -0.3 is 9.72 Å². The first kappa shape index (κ1) is 31.8. The van der Waals surface area contributed by atoms with Crippen molar-refractivity contribution in [2.24, 2.45) is 0 Å². The van der Waals surface area contributed by atoms with E-state index in [1.807, 2.05) is 70.8 Å². The summed E-state index contributed by atoms with van der Waals surface area (Å²) in [5, 5.41) is 13.9. The molecule has 3 aromatic carbocycles. The van der Waals surface area contributed by atoms with Crippen molar-refractivity contribution in [1.29, 1.82) is 0 Å². The van der Waals surface area contributed by atoms with E-state index in [1.54, 1.807) is 54.8 Å². The van der Waals surface area contributed by atoms with E-state index in [-0.39, 0.29) is 15.7 Å². The van der Waals surface area contributed by atoms with E-state index in [1.165, 1.54) is 29.2 Å². The maximum Gasteiger partial charge on any atom is 0.261 e. The van der Waals surface area contributed by atoms with Crippen molar-refractivity contribution in [3.8, 4) is 27.6 Å². The van der Waals surface area contributed by atoms with E-state index < -0.39 is 10.0 Å². The molecule has 0 saturated heterocycles. The second-order valence-corrected chi connectivity index (χ2v) is 15.6. The molecule has 7 aromatic rings. The Morgan fingerprint density at radius 2 is 1.79 bits per heavy atom. The number of fused-ring (bicyclic) bond motifs is 1. The average Bonchev–Trinajstić information content (AvgIpc) is 3.87. The summed E-state index contributed by atoms with van der Waals surface area (Å²) in [6.45, 7) is 2.40. The Morgan fingerprint density at radius 1 is 0.979 bits per heavy atom. The number of nitrogens with one attached hydrogen (secondary N) is 2. The molecule has 0 bridgehead atoms. The molecule has 48 heavy (non-hydrogen) atoms.